The van der Waals surface area contributed by atoms with Crippen LogP contribution in [0.5, 0.6) is 5.75 Å². The lowest BCUT2D eigenvalue weighted by Crippen LogP contribution is -3.14. The molecule has 6 heteroatoms. The van der Waals surface area contributed by atoms with Crippen LogP contribution in [0.25, 0.3) is 0 Å². The highest BCUT2D eigenvalue weighted by Crippen LogP contribution is 2.14. The quantitative estimate of drug-likeness (QED) is 0.678. The van der Waals surface area contributed by atoms with Gasteiger partial charge in [-0.05, 0) is 37.1 Å². The second-order valence-corrected chi connectivity index (χ2v) is 5.40. The summed E-state index contributed by atoms with van der Waals surface area (Å²) in [4.78, 5) is 24.4. The van der Waals surface area contributed by atoms with Crippen LogP contribution >= 0.6 is 0 Å². The molecule has 0 aromatic heterocycles. The summed E-state index contributed by atoms with van der Waals surface area (Å²) in [7, 11) is 1.60. The molecule has 114 valence electrons. The summed E-state index contributed by atoms with van der Waals surface area (Å²) >= 11 is 0. The smallest absolute Gasteiger partial charge is 0.279 e. The van der Waals surface area contributed by atoms with Gasteiger partial charge in [0.05, 0.1) is 26.1 Å². The second-order valence-electron chi connectivity index (χ2n) is 5.40. The first-order valence-electron chi connectivity index (χ1n) is 7.15. The molecule has 0 aliphatic carbocycles. The predicted octanol–water partition coefficient (Wildman–Crippen LogP) is -0.586. The van der Waals surface area contributed by atoms with E-state index in [2.05, 4.69) is 5.32 Å². The number of nitrogens with two attached hydrogens (primary N) is 1. The van der Waals surface area contributed by atoms with Crippen LogP contribution in [0.15, 0.2) is 24.3 Å². The van der Waals surface area contributed by atoms with Crippen LogP contribution < -0.4 is 20.7 Å². The summed E-state index contributed by atoms with van der Waals surface area (Å²) < 4.78 is 5.07. The highest BCUT2D eigenvalue weighted by atomic mass is 16.5. The number of quaternary nitrogens is 1. The van der Waals surface area contributed by atoms with Gasteiger partial charge in [0.2, 0.25) is 5.91 Å². The summed E-state index contributed by atoms with van der Waals surface area (Å²) in [5.41, 5.74) is 6.09. The monoisotopic (exact) mass is 292 g/mol. The van der Waals surface area contributed by atoms with Gasteiger partial charge in [-0.3, -0.25) is 9.59 Å². The Balaban J connectivity index is 1.84. The average Bonchev–Trinajstić information content (AvgIpc) is 2.48. The van der Waals surface area contributed by atoms with Gasteiger partial charge in [-0.2, -0.15) is 0 Å². The van der Waals surface area contributed by atoms with E-state index in [4.69, 9.17) is 10.5 Å². The van der Waals surface area contributed by atoms with Gasteiger partial charge in [0.25, 0.3) is 5.91 Å². The molecule has 1 heterocycles. The number of carbonyl (C=O) groups excluding carboxylic acids is 2. The topological polar surface area (TPSA) is 85.9 Å². The zero-order valence-electron chi connectivity index (χ0n) is 12.2. The molecule has 1 saturated heterocycles. The maximum Gasteiger partial charge on any atom is 0.279 e. The van der Waals surface area contributed by atoms with Crippen LogP contribution in [-0.2, 0) is 9.59 Å². The summed E-state index contributed by atoms with van der Waals surface area (Å²) in [6.45, 7) is 1.90. The Hall–Kier alpha value is -2.08. The Morgan fingerprint density at radius 1 is 1.38 bits per heavy atom. The van der Waals surface area contributed by atoms with Gasteiger partial charge >= 0.3 is 0 Å². The Labute approximate surface area is 124 Å². The fourth-order valence-corrected chi connectivity index (χ4v) is 2.66. The number of benzene rings is 1. The van der Waals surface area contributed by atoms with Crippen molar-refractivity contribution in [2.75, 3.05) is 32.1 Å². The molecule has 1 fully saturated rings. The molecule has 6 nitrogen and oxygen atoms in total. The molecule has 21 heavy (non-hydrogen) atoms. The van der Waals surface area contributed by atoms with Crippen LogP contribution in [0.4, 0.5) is 5.69 Å². The average molecular weight is 292 g/mol. The number of carbonyl (C=O) groups is 2. The van der Waals surface area contributed by atoms with Crippen LogP contribution in [0.2, 0.25) is 0 Å². The van der Waals surface area contributed by atoms with Gasteiger partial charge in [-0.1, -0.05) is 0 Å². The van der Waals surface area contributed by atoms with Crippen LogP contribution in [0, 0.1) is 5.92 Å². The first kappa shape index (κ1) is 15.3. The fourth-order valence-electron chi connectivity index (χ4n) is 2.66. The molecule has 1 aromatic rings. The molecule has 0 radical (unpaired) electrons. The Morgan fingerprint density at radius 3 is 2.71 bits per heavy atom. The minimum Gasteiger partial charge on any atom is -0.497 e. The van der Waals surface area contributed by atoms with E-state index < -0.39 is 0 Å². The van der Waals surface area contributed by atoms with Crippen molar-refractivity contribution >= 4 is 17.5 Å². The second kappa shape index (κ2) is 7.08. The minimum absolute atomic E-state index is 0.0553. The molecular weight excluding hydrogens is 270 g/mol. The molecule has 1 unspecified atom stereocenters. The predicted molar refractivity (Wildman–Crippen MR) is 79.1 cm³/mol. The fraction of sp³-hybridized carbons (Fsp3) is 0.467. The molecule has 1 aliphatic rings. The highest BCUT2D eigenvalue weighted by Gasteiger charge is 2.28. The molecule has 0 spiro atoms. The number of likely N-dealkylation sites (tertiary alicyclic amines) is 1. The van der Waals surface area contributed by atoms with Crippen molar-refractivity contribution in [3.05, 3.63) is 24.3 Å². The Kier molecular flexibility index (Phi) is 5.16. The van der Waals surface area contributed by atoms with Crippen LogP contribution in [0.3, 0.4) is 0 Å². The van der Waals surface area contributed by atoms with E-state index in [1.165, 1.54) is 0 Å². The van der Waals surface area contributed by atoms with E-state index in [-0.39, 0.29) is 17.7 Å². The largest absolute Gasteiger partial charge is 0.497 e. The lowest BCUT2D eigenvalue weighted by Gasteiger charge is -2.27. The van der Waals surface area contributed by atoms with E-state index in [1.54, 1.807) is 31.4 Å². The molecule has 0 saturated carbocycles. The Bertz CT molecular complexity index is 501. The lowest BCUT2D eigenvalue weighted by molar-refractivity contribution is -0.899. The summed E-state index contributed by atoms with van der Waals surface area (Å²) in [5, 5.41) is 2.85. The van der Waals surface area contributed by atoms with Crippen molar-refractivity contribution in [1.29, 1.82) is 0 Å². The number of anilines is 1. The SMILES string of the molecule is COc1ccc(NC(=O)C[NH+]2CCC[C@H](C(N)=O)C2)cc1. The van der Waals surface area contributed by atoms with Crippen LogP contribution in [0.1, 0.15) is 12.8 Å². The van der Waals surface area contributed by atoms with Gasteiger partial charge < -0.3 is 20.7 Å². The number of rotatable bonds is 5. The minimum atomic E-state index is -0.261. The molecule has 4 N–H and O–H groups in total. The van der Waals surface area contributed by atoms with Crippen molar-refractivity contribution in [2.45, 2.75) is 12.8 Å². The van der Waals surface area contributed by atoms with E-state index in [0.717, 1.165) is 35.7 Å². The summed E-state index contributed by atoms with van der Waals surface area (Å²) in [6, 6.07) is 7.20. The standard InChI is InChI=1S/C15H21N3O3/c1-21-13-6-4-12(5-7-13)17-14(19)10-18-8-2-3-11(9-18)15(16)20/h4-7,11H,2-3,8-10H2,1H3,(H2,16,20)(H,17,19)/p+1/t11-/m0/s1. The number of primary amides is 1. The molecular formula is C15H22N3O3+. The summed E-state index contributed by atoms with van der Waals surface area (Å²) in [6.07, 6.45) is 1.76. The van der Waals surface area contributed by atoms with Crippen LogP contribution in [-0.4, -0.2) is 38.6 Å². The van der Waals surface area contributed by atoms with Gasteiger partial charge in [-0.25, -0.2) is 0 Å². The molecule has 1 aromatic carbocycles. The normalized spacial score (nSPS) is 21.6. The third-order valence-corrected chi connectivity index (χ3v) is 3.80. The van der Waals surface area contributed by atoms with Gasteiger partial charge in [0.1, 0.15) is 5.75 Å². The third kappa shape index (κ3) is 4.46. The van der Waals surface area contributed by atoms with Crippen molar-refractivity contribution in [3.63, 3.8) is 0 Å². The molecule has 1 aliphatic heterocycles. The first-order chi connectivity index (χ1) is 10.1. The maximum absolute atomic E-state index is 12.0. The highest BCUT2D eigenvalue weighted by molar-refractivity contribution is 5.91. The van der Waals surface area contributed by atoms with E-state index in [1.807, 2.05) is 0 Å². The van der Waals surface area contributed by atoms with Gasteiger partial charge in [0, 0.05) is 5.69 Å². The van der Waals surface area contributed by atoms with Crippen molar-refractivity contribution in [1.82, 2.24) is 0 Å². The zero-order valence-corrected chi connectivity index (χ0v) is 12.2. The number of methoxy groups -OCH3 is 1. The lowest BCUT2D eigenvalue weighted by atomic mass is 9.97. The van der Waals surface area contributed by atoms with E-state index in [0.29, 0.717) is 13.1 Å². The number of ether oxygens (including phenoxy) is 1. The summed E-state index contributed by atoms with van der Waals surface area (Å²) in [5.74, 6) is 0.324. The number of nitrogens with one attached hydrogen (secondary N) is 2. The molecule has 2 rings (SSSR count). The number of amides is 2. The molecule has 2 amide bonds. The van der Waals surface area contributed by atoms with Gasteiger partial charge in [-0.15, -0.1) is 0 Å². The number of hydrogen-bond acceptors (Lipinski definition) is 3. The Morgan fingerprint density at radius 2 is 2.10 bits per heavy atom. The van der Waals surface area contributed by atoms with Gasteiger partial charge in [0.15, 0.2) is 6.54 Å². The maximum atomic E-state index is 12.0. The van der Waals surface area contributed by atoms with Crippen molar-refractivity contribution in [2.24, 2.45) is 11.7 Å². The van der Waals surface area contributed by atoms with Crippen molar-refractivity contribution in [3.8, 4) is 5.75 Å². The number of hydrogen-bond donors (Lipinski definition) is 3. The molecule has 2 atom stereocenters. The first-order valence-corrected chi connectivity index (χ1v) is 7.15. The van der Waals surface area contributed by atoms with E-state index >= 15 is 0 Å². The number of piperidine rings is 1. The van der Waals surface area contributed by atoms with E-state index in [9.17, 15) is 9.59 Å². The zero-order chi connectivity index (χ0) is 15.2. The van der Waals surface area contributed by atoms with Crippen molar-refractivity contribution < 1.29 is 19.2 Å². The molecule has 0 bridgehead atoms. The third-order valence-electron chi connectivity index (χ3n) is 3.80.